The number of hydrogen-bond acceptors (Lipinski definition) is 4. The van der Waals surface area contributed by atoms with Crippen molar-refractivity contribution in [2.45, 2.75) is 40.2 Å². The maximum absolute atomic E-state index is 13.0. The highest BCUT2D eigenvalue weighted by molar-refractivity contribution is 9.10. The lowest BCUT2D eigenvalue weighted by atomic mass is 10.1. The van der Waals surface area contributed by atoms with Gasteiger partial charge in [0.2, 0.25) is 0 Å². The molecule has 0 bridgehead atoms. The number of ether oxygens (including phenoxy) is 2. The van der Waals surface area contributed by atoms with E-state index in [9.17, 15) is 4.79 Å². The van der Waals surface area contributed by atoms with Gasteiger partial charge >= 0.3 is 0 Å². The first-order valence-corrected chi connectivity index (χ1v) is 10.5. The molecular formula is C23H25BrN2O3. The fourth-order valence-electron chi connectivity index (χ4n) is 2.91. The number of nitrogens with zero attached hydrogens (tertiary/aromatic N) is 2. The summed E-state index contributed by atoms with van der Waals surface area (Å²) in [5, 5.41) is 5.86. The summed E-state index contributed by atoms with van der Waals surface area (Å²) in [7, 11) is 0. The van der Waals surface area contributed by atoms with E-state index in [-0.39, 0.29) is 12.0 Å². The molecule has 6 heteroatoms. The first-order chi connectivity index (χ1) is 13.9. The molecule has 3 rings (SSSR count). The highest BCUT2D eigenvalue weighted by atomic mass is 79.9. The third kappa shape index (κ3) is 4.70. The molecule has 5 nitrogen and oxygen atoms in total. The van der Waals surface area contributed by atoms with Crippen molar-refractivity contribution in [3.05, 3.63) is 58.1 Å². The molecule has 0 spiro atoms. The van der Waals surface area contributed by atoms with Crippen LogP contribution in [0.5, 0.6) is 11.5 Å². The monoisotopic (exact) mass is 456 g/mol. The maximum atomic E-state index is 13.0. The number of carbonyl (C=O) groups is 1. The van der Waals surface area contributed by atoms with E-state index in [0.717, 1.165) is 22.1 Å². The molecule has 2 aromatic rings. The molecule has 152 valence electrons. The second-order valence-corrected chi connectivity index (χ2v) is 7.64. The van der Waals surface area contributed by atoms with Crippen LogP contribution in [0.3, 0.4) is 0 Å². The van der Waals surface area contributed by atoms with Crippen molar-refractivity contribution in [3.63, 3.8) is 0 Å². The molecule has 29 heavy (non-hydrogen) atoms. The third-order valence-corrected chi connectivity index (χ3v) is 5.32. The van der Waals surface area contributed by atoms with Crippen LogP contribution >= 0.6 is 15.9 Å². The van der Waals surface area contributed by atoms with Crippen LogP contribution in [-0.4, -0.2) is 24.3 Å². The summed E-state index contributed by atoms with van der Waals surface area (Å²) < 4.78 is 12.6. The van der Waals surface area contributed by atoms with Crippen molar-refractivity contribution in [1.29, 1.82) is 0 Å². The number of halogens is 1. The lowest BCUT2D eigenvalue weighted by Gasteiger charge is -2.17. The smallest absolute Gasteiger partial charge is 0.280 e. The van der Waals surface area contributed by atoms with E-state index in [1.165, 1.54) is 5.01 Å². The molecule has 0 saturated carbocycles. The van der Waals surface area contributed by atoms with Crippen molar-refractivity contribution in [2.75, 3.05) is 11.6 Å². The molecule has 0 N–H and O–H groups in total. The Hall–Kier alpha value is -2.60. The molecule has 0 radical (unpaired) electrons. The van der Waals surface area contributed by atoms with Crippen LogP contribution in [0.1, 0.15) is 39.7 Å². The fourth-order valence-corrected chi connectivity index (χ4v) is 3.34. The number of carbonyl (C=O) groups excluding carboxylic acids is 1. The number of para-hydroxylation sites is 1. The molecule has 1 heterocycles. The molecule has 1 aliphatic rings. The van der Waals surface area contributed by atoms with Crippen molar-refractivity contribution >= 4 is 39.3 Å². The molecule has 0 aliphatic carbocycles. The van der Waals surface area contributed by atoms with E-state index in [2.05, 4.69) is 28.0 Å². The van der Waals surface area contributed by atoms with Crippen LogP contribution < -0.4 is 14.5 Å². The molecule has 0 saturated heterocycles. The quantitative estimate of drug-likeness (QED) is 0.492. The first kappa shape index (κ1) is 21.1. The molecule has 0 unspecified atom stereocenters. The maximum Gasteiger partial charge on any atom is 0.280 e. The molecule has 0 fully saturated rings. The summed E-state index contributed by atoms with van der Waals surface area (Å²) in [4.78, 5) is 13.0. The number of amides is 1. The summed E-state index contributed by atoms with van der Waals surface area (Å²) in [6.45, 7) is 8.39. The van der Waals surface area contributed by atoms with Crippen LogP contribution in [0.15, 0.2) is 57.6 Å². The van der Waals surface area contributed by atoms with Crippen molar-refractivity contribution in [2.24, 2.45) is 5.10 Å². The Morgan fingerprint density at radius 1 is 1.17 bits per heavy atom. The van der Waals surface area contributed by atoms with Crippen LogP contribution in [0.25, 0.3) is 6.08 Å². The molecular weight excluding hydrogens is 432 g/mol. The first-order valence-electron chi connectivity index (χ1n) is 9.74. The Morgan fingerprint density at radius 3 is 2.55 bits per heavy atom. The summed E-state index contributed by atoms with van der Waals surface area (Å²) >= 11 is 3.61. The average molecular weight is 457 g/mol. The standard InChI is InChI=1S/C23H25BrN2O3/c1-5-15(3)29-22-14-20(24)17(13-21(22)28-6-2)12-19-16(4)25-26(23(19)27)18-10-8-7-9-11-18/h7-15H,5-6H2,1-4H3/b19-12+/t15-/m0/s1. The summed E-state index contributed by atoms with van der Waals surface area (Å²) in [6.07, 6.45) is 2.81. The van der Waals surface area contributed by atoms with Crippen molar-refractivity contribution in [3.8, 4) is 11.5 Å². The second kappa shape index (κ2) is 9.27. The zero-order valence-corrected chi connectivity index (χ0v) is 18.7. The minimum absolute atomic E-state index is 0.0792. The number of hydrazone groups is 1. The average Bonchev–Trinajstić information content (AvgIpc) is 3.00. The summed E-state index contributed by atoms with van der Waals surface area (Å²) in [5.41, 5.74) is 2.79. The van der Waals surface area contributed by atoms with Crippen LogP contribution in [0.2, 0.25) is 0 Å². The topological polar surface area (TPSA) is 51.1 Å². The van der Waals surface area contributed by atoms with E-state index < -0.39 is 0 Å². The van der Waals surface area contributed by atoms with Crippen LogP contribution in [-0.2, 0) is 4.79 Å². The summed E-state index contributed by atoms with van der Waals surface area (Å²) in [6, 6.07) is 13.2. The fraction of sp³-hybridized carbons (Fsp3) is 0.304. The number of hydrogen-bond donors (Lipinski definition) is 0. The Morgan fingerprint density at radius 2 is 1.90 bits per heavy atom. The molecule has 1 aliphatic heterocycles. The van der Waals surface area contributed by atoms with E-state index in [1.54, 1.807) is 0 Å². The molecule has 2 aromatic carbocycles. The predicted octanol–water partition coefficient (Wildman–Crippen LogP) is 5.83. The Bertz CT molecular complexity index is 954. The van der Waals surface area contributed by atoms with Gasteiger partial charge in [-0.15, -0.1) is 0 Å². The predicted molar refractivity (Wildman–Crippen MR) is 121 cm³/mol. The van der Waals surface area contributed by atoms with Crippen LogP contribution in [0, 0.1) is 0 Å². The van der Waals surface area contributed by atoms with E-state index in [0.29, 0.717) is 29.4 Å². The van der Waals surface area contributed by atoms with E-state index in [4.69, 9.17) is 9.47 Å². The zero-order chi connectivity index (χ0) is 21.0. The lowest BCUT2D eigenvalue weighted by molar-refractivity contribution is -0.114. The molecule has 1 atom stereocenters. The number of benzene rings is 2. The van der Waals surface area contributed by atoms with Gasteiger partial charge in [-0.1, -0.05) is 41.1 Å². The van der Waals surface area contributed by atoms with Gasteiger partial charge in [-0.25, -0.2) is 0 Å². The highest BCUT2D eigenvalue weighted by Gasteiger charge is 2.29. The lowest BCUT2D eigenvalue weighted by Crippen LogP contribution is -2.21. The Kier molecular flexibility index (Phi) is 6.75. The molecule has 0 aromatic heterocycles. The summed E-state index contributed by atoms with van der Waals surface area (Å²) in [5.74, 6) is 1.19. The third-order valence-electron chi connectivity index (χ3n) is 4.63. The zero-order valence-electron chi connectivity index (χ0n) is 17.1. The number of anilines is 1. The van der Waals surface area contributed by atoms with Gasteiger partial charge in [0.15, 0.2) is 11.5 Å². The van der Waals surface area contributed by atoms with Gasteiger partial charge in [-0.05, 0) is 63.1 Å². The van der Waals surface area contributed by atoms with Gasteiger partial charge in [-0.3, -0.25) is 4.79 Å². The van der Waals surface area contributed by atoms with Gasteiger partial charge in [0.25, 0.3) is 5.91 Å². The van der Waals surface area contributed by atoms with Gasteiger partial charge in [0.1, 0.15) is 0 Å². The van der Waals surface area contributed by atoms with Crippen LogP contribution in [0.4, 0.5) is 5.69 Å². The van der Waals surface area contributed by atoms with Crippen molar-refractivity contribution in [1.82, 2.24) is 0 Å². The van der Waals surface area contributed by atoms with Gasteiger partial charge < -0.3 is 9.47 Å². The van der Waals surface area contributed by atoms with Gasteiger partial charge in [0, 0.05) is 4.47 Å². The minimum Gasteiger partial charge on any atom is -0.490 e. The SMILES string of the molecule is CCOc1cc(/C=C2/C(=O)N(c3ccccc3)N=C2C)c(Br)cc1O[C@@H](C)CC. The molecule has 1 amide bonds. The Balaban J connectivity index is 1.96. The highest BCUT2D eigenvalue weighted by Crippen LogP contribution is 2.36. The van der Waals surface area contributed by atoms with E-state index in [1.807, 2.05) is 69.3 Å². The second-order valence-electron chi connectivity index (χ2n) is 6.79. The largest absolute Gasteiger partial charge is 0.490 e. The number of rotatable bonds is 7. The minimum atomic E-state index is -0.154. The van der Waals surface area contributed by atoms with E-state index >= 15 is 0 Å². The van der Waals surface area contributed by atoms with Gasteiger partial charge in [0.05, 0.1) is 29.7 Å². The van der Waals surface area contributed by atoms with Gasteiger partial charge in [-0.2, -0.15) is 10.1 Å². The Labute approximate surface area is 180 Å². The van der Waals surface area contributed by atoms with Crippen molar-refractivity contribution < 1.29 is 14.3 Å². The normalized spacial score (nSPS) is 16.2.